The Kier molecular flexibility index (Phi) is 7.48. The maximum Gasteiger partial charge on any atom is 0.251 e. The van der Waals surface area contributed by atoms with Crippen LogP contribution in [0.3, 0.4) is 0 Å². The number of nitrogens with one attached hydrogen (secondary N) is 2. The van der Waals surface area contributed by atoms with Crippen molar-refractivity contribution in [2.24, 2.45) is 5.73 Å². The molecule has 0 atom stereocenters. The van der Waals surface area contributed by atoms with Crippen LogP contribution in [-0.2, 0) is 9.53 Å². The second-order valence-electron chi connectivity index (χ2n) is 5.56. The van der Waals surface area contributed by atoms with Crippen molar-refractivity contribution in [2.75, 3.05) is 25.1 Å². The van der Waals surface area contributed by atoms with Crippen LogP contribution in [0.4, 0.5) is 5.69 Å². The number of ether oxygens (including phenoxy) is 1. The molecule has 0 radical (unpaired) electrons. The molecule has 2 rings (SSSR count). The van der Waals surface area contributed by atoms with Crippen LogP contribution in [0, 0.1) is 0 Å². The van der Waals surface area contributed by atoms with Gasteiger partial charge in [0.1, 0.15) is 5.54 Å². The predicted molar refractivity (Wildman–Crippen MR) is 91.9 cm³/mol. The lowest BCUT2D eigenvalue weighted by Gasteiger charge is -2.31. The Morgan fingerprint density at radius 2 is 2.00 bits per heavy atom. The van der Waals surface area contributed by atoms with E-state index < -0.39 is 5.54 Å². The van der Waals surface area contributed by atoms with Crippen LogP contribution in [0.15, 0.2) is 24.3 Å². The number of halogens is 1. The molecule has 0 unspecified atom stereocenters. The van der Waals surface area contributed by atoms with Crippen molar-refractivity contribution in [1.29, 1.82) is 0 Å². The highest BCUT2D eigenvalue weighted by Gasteiger charge is 2.35. The lowest BCUT2D eigenvalue weighted by molar-refractivity contribution is -0.124. The van der Waals surface area contributed by atoms with E-state index in [4.69, 9.17) is 10.5 Å². The molecule has 1 aromatic carbocycles. The molecular weight excluding hydrogens is 318 g/mol. The lowest BCUT2D eigenvalue weighted by Crippen LogP contribution is -2.54. The zero-order valence-electron chi connectivity index (χ0n) is 13.3. The number of hydrogen-bond donors (Lipinski definition) is 3. The number of amides is 2. The summed E-state index contributed by atoms with van der Waals surface area (Å²) in [4.78, 5) is 24.3. The molecule has 1 aliphatic rings. The molecule has 0 saturated carbocycles. The Balaban J connectivity index is 0.00000264. The number of hydrogen-bond acceptors (Lipinski definition) is 4. The zero-order chi connectivity index (χ0) is 16.0. The molecule has 7 heteroatoms. The second-order valence-corrected chi connectivity index (χ2v) is 5.56. The van der Waals surface area contributed by atoms with Crippen LogP contribution in [0.25, 0.3) is 0 Å². The molecule has 128 valence electrons. The van der Waals surface area contributed by atoms with Gasteiger partial charge in [0.25, 0.3) is 5.91 Å². The minimum Gasteiger partial charge on any atom is -0.381 e. The van der Waals surface area contributed by atoms with Gasteiger partial charge in [0.05, 0.1) is 0 Å². The van der Waals surface area contributed by atoms with Crippen LogP contribution in [0.5, 0.6) is 0 Å². The zero-order valence-corrected chi connectivity index (χ0v) is 14.1. The summed E-state index contributed by atoms with van der Waals surface area (Å²) in [6, 6.07) is 6.86. The molecule has 0 bridgehead atoms. The summed E-state index contributed by atoms with van der Waals surface area (Å²) in [5.41, 5.74) is 6.33. The number of benzene rings is 1. The minimum atomic E-state index is -0.904. The van der Waals surface area contributed by atoms with Gasteiger partial charge in [-0.1, -0.05) is 13.0 Å². The Bertz CT molecular complexity index is 545. The first-order valence-corrected chi connectivity index (χ1v) is 7.61. The van der Waals surface area contributed by atoms with Crippen molar-refractivity contribution in [3.8, 4) is 0 Å². The quantitative estimate of drug-likeness (QED) is 0.759. The summed E-state index contributed by atoms with van der Waals surface area (Å²) < 4.78 is 5.24. The highest BCUT2D eigenvalue weighted by molar-refractivity contribution is 6.00. The Morgan fingerprint density at radius 1 is 1.30 bits per heavy atom. The molecule has 1 fully saturated rings. The number of rotatable bonds is 5. The molecule has 0 aliphatic carbocycles. The highest BCUT2D eigenvalue weighted by atomic mass is 35.5. The summed E-state index contributed by atoms with van der Waals surface area (Å²) in [5, 5.41) is 5.61. The van der Waals surface area contributed by atoms with E-state index in [0.29, 0.717) is 43.9 Å². The number of carbonyl (C=O) groups is 2. The summed E-state index contributed by atoms with van der Waals surface area (Å²) in [6.45, 7) is 3.60. The highest BCUT2D eigenvalue weighted by Crippen LogP contribution is 2.20. The molecule has 23 heavy (non-hydrogen) atoms. The van der Waals surface area contributed by atoms with Gasteiger partial charge >= 0.3 is 0 Å². The first kappa shape index (κ1) is 19.4. The molecule has 4 N–H and O–H groups in total. The first-order valence-electron chi connectivity index (χ1n) is 7.61. The van der Waals surface area contributed by atoms with Gasteiger partial charge in [0, 0.05) is 31.0 Å². The third-order valence-electron chi connectivity index (χ3n) is 3.76. The van der Waals surface area contributed by atoms with Crippen LogP contribution in [0.1, 0.15) is 36.5 Å². The summed E-state index contributed by atoms with van der Waals surface area (Å²) in [5.74, 6) is -0.381. The van der Waals surface area contributed by atoms with Gasteiger partial charge in [-0.2, -0.15) is 0 Å². The lowest BCUT2D eigenvalue weighted by atomic mass is 9.90. The van der Waals surface area contributed by atoms with E-state index in [0.717, 1.165) is 6.42 Å². The van der Waals surface area contributed by atoms with E-state index in [1.807, 2.05) is 6.92 Å². The van der Waals surface area contributed by atoms with Crippen LogP contribution in [0.2, 0.25) is 0 Å². The van der Waals surface area contributed by atoms with Crippen molar-refractivity contribution in [3.05, 3.63) is 29.8 Å². The normalized spacial score (nSPS) is 16.1. The Morgan fingerprint density at radius 3 is 2.65 bits per heavy atom. The van der Waals surface area contributed by atoms with Gasteiger partial charge in [-0.05, 0) is 37.5 Å². The summed E-state index contributed by atoms with van der Waals surface area (Å²) in [7, 11) is 0. The van der Waals surface area contributed by atoms with Gasteiger partial charge < -0.3 is 21.1 Å². The monoisotopic (exact) mass is 341 g/mol. The minimum absolute atomic E-state index is 0. The van der Waals surface area contributed by atoms with Crippen LogP contribution in [-0.4, -0.2) is 37.1 Å². The number of anilines is 1. The van der Waals surface area contributed by atoms with Gasteiger partial charge in [-0.3, -0.25) is 9.59 Å². The van der Waals surface area contributed by atoms with Gasteiger partial charge in [-0.25, -0.2) is 0 Å². The molecular formula is C16H24ClN3O3. The van der Waals surface area contributed by atoms with E-state index >= 15 is 0 Å². The Labute approximate surface area is 142 Å². The molecule has 0 spiro atoms. The van der Waals surface area contributed by atoms with Crippen molar-refractivity contribution in [1.82, 2.24) is 5.32 Å². The molecule has 2 amide bonds. The van der Waals surface area contributed by atoms with Gasteiger partial charge in [0.15, 0.2) is 0 Å². The SMILES string of the molecule is CCCNC(=O)c1cccc(NC(=O)C2(N)CCOCC2)c1.Cl. The van der Waals surface area contributed by atoms with E-state index in [9.17, 15) is 9.59 Å². The van der Waals surface area contributed by atoms with E-state index in [2.05, 4.69) is 10.6 Å². The first-order chi connectivity index (χ1) is 10.5. The number of carbonyl (C=O) groups excluding carboxylic acids is 2. The van der Waals surface area contributed by atoms with Gasteiger partial charge in [-0.15, -0.1) is 12.4 Å². The standard InChI is InChI=1S/C16H23N3O3.ClH/c1-2-8-18-14(20)12-4-3-5-13(11-12)19-15(21)16(17)6-9-22-10-7-16;/h3-5,11H,2,6-10,17H2,1H3,(H,18,20)(H,19,21);1H. The van der Waals surface area contributed by atoms with Crippen molar-refractivity contribution in [2.45, 2.75) is 31.7 Å². The summed E-state index contributed by atoms with van der Waals surface area (Å²) >= 11 is 0. The van der Waals surface area contributed by atoms with E-state index in [-0.39, 0.29) is 24.2 Å². The van der Waals surface area contributed by atoms with E-state index in [1.165, 1.54) is 0 Å². The average Bonchev–Trinajstić information content (AvgIpc) is 2.53. The van der Waals surface area contributed by atoms with Crippen molar-refractivity contribution >= 4 is 29.9 Å². The third kappa shape index (κ3) is 5.20. The molecule has 1 saturated heterocycles. The second kappa shape index (κ2) is 8.86. The van der Waals surface area contributed by atoms with Gasteiger partial charge in [0.2, 0.25) is 5.91 Å². The predicted octanol–water partition coefficient (Wildman–Crippen LogP) is 1.69. The molecule has 1 aromatic rings. The van der Waals surface area contributed by atoms with E-state index in [1.54, 1.807) is 24.3 Å². The fourth-order valence-corrected chi connectivity index (χ4v) is 2.30. The Hall–Kier alpha value is -1.63. The van der Waals surface area contributed by atoms with Crippen LogP contribution >= 0.6 is 12.4 Å². The molecule has 0 aromatic heterocycles. The maximum atomic E-state index is 12.4. The van der Waals surface area contributed by atoms with Crippen LogP contribution < -0.4 is 16.4 Å². The maximum absolute atomic E-state index is 12.4. The third-order valence-corrected chi connectivity index (χ3v) is 3.76. The topological polar surface area (TPSA) is 93.5 Å². The molecule has 1 heterocycles. The largest absolute Gasteiger partial charge is 0.381 e. The average molecular weight is 342 g/mol. The summed E-state index contributed by atoms with van der Waals surface area (Å²) in [6.07, 6.45) is 1.87. The molecule has 6 nitrogen and oxygen atoms in total. The fourth-order valence-electron chi connectivity index (χ4n) is 2.30. The fraction of sp³-hybridized carbons (Fsp3) is 0.500. The smallest absolute Gasteiger partial charge is 0.251 e. The number of nitrogens with two attached hydrogens (primary N) is 1. The molecule has 1 aliphatic heterocycles. The van der Waals surface area contributed by atoms with Crippen molar-refractivity contribution in [3.63, 3.8) is 0 Å². The van der Waals surface area contributed by atoms with Crippen molar-refractivity contribution < 1.29 is 14.3 Å².